The van der Waals surface area contributed by atoms with E-state index in [0.717, 1.165) is 14.5 Å². The average Bonchev–Trinajstić information content (AvgIpc) is 2.04. The Bertz CT molecular complexity index is 314. The number of phenolic OH excluding ortho intramolecular Hbond substituents is 1. The van der Waals surface area contributed by atoms with Crippen LogP contribution >= 0.6 is 31.9 Å². The van der Waals surface area contributed by atoms with Gasteiger partial charge in [0.2, 0.25) is 0 Å². The molecule has 0 aliphatic rings. The molecule has 0 heterocycles. The van der Waals surface area contributed by atoms with E-state index in [1.54, 1.807) is 12.1 Å². The molecule has 0 fully saturated rings. The first kappa shape index (κ1) is 9.81. The molecule has 0 radical (unpaired) electrons. The fourth-order valence-corrected chi connectivity index (χ4v) is 1.32. The van der Waals surface area contributed by atoms with Crippen molar-refractivity contribution in [3.63, 3.8) is 0 Å². The zero-order valence-corrected chi connectivity index (χ0v) is 9.68. The Balaban J connectivity index is 3.21. The summed E-state index contributed by atoms with van der Waals surface area (Å²) < 4.78 is 0.858. The first-order valence-corrected chi connectivity index (χ1v) is 5.01. The number of allylic oxidation sites excluding steroid dienone is 1. The van der Waals surface area contributed by atoms with E-state index in [2.05, 4.69) is 31.9 Å². The topological polar surface area (TPSA) is 20.2 Å². The summed E-state index contributed by atoms with van der Waals surface area (Å²) >= 11 is 6.59. The summed E-state index contributed by atoms with van der Waals surface area (Å²) in [6.45, 7) is 1.92. The molecule has 1 aromatic carbocycles. The van der Waals surface area contributed by atoms with E-state index in [0.29, 0.717) is 5.75 Å². The minimum Gasteiger partial charge on any atom is -0.507 e. The summed E-state index contributed by atoms with van der Waals surface area (Å²) in [6, 6.07) is 7.23. The van der Waals surface area contributed by atoms with Crippen LogP contribution < -0.4 is 0 Å². The molecular formula is C9H8Br2O. The van der Waals surface area contributed by atoms with Crippen LogP contribution in [0.2, 0.25) is 0 Å². The quantitative estimate of drug-likeness (QED) is 0.833. The Hall–Kier alpha value is -0.280. The van der Waals surface area contributed by atoms with Gasteiger partial charge in [0.15, 0.2) is 0 Å². The highest BCUT2D eigenvalue weighted by Gasteiger charge is 2.03. The highest BCUT2D eigenvalue weighted by molar-refractivity contribution is 9.28. The summed E-state index contributed by atoms with van der Waals surface area (Å²) in [7, 11) is 0. The van der Waals surface area contributed by atoms with Crippen LogP contribution in [0.4, 0.5) is 0 Å². The third-order valence-electron chi connectivity index (χ3n) is 1.59. The Labute approximate surface area is 88.4 Å². The van der Waals surface area contributed by atoms with Gasteiger partial charge in [-0.25, -0.2) is 0 Å². The van der Waals surface area contributed by atoms with Gasteiger partial charge in [0.25, 0.3) is 0 Å². The zero-order chi connectivity index (χ0) is 9.14. The molecule has 1 nitrogen and oxygen atoms in total. The molecule has 0 aliphatic carbocycles. The second kappa shape index (κ2) is 4.10. The zero-order valence-electron chi connectivity index (χ0n) is 6.51. The van der Waals surface area contributed by atoms with Crippen molar-refractivity contribution in [2.24, 2.45) is 0 Å². The molecule has 64 valence electrons. The monoisotopic (exact) mass is 290 g/mol. The molecule has 0 atom stereocenters. The number of halogens is 2. The van der Waals surface area contributed by atoms with E-state index in [1.807, 2.05) is 19.1 Å². The lowest BCUT2D eigenvalue weighted by Crippen LogP contribution is -1.79. The van der Waals surface area contributed by atoms with Crippen LogP contribution in [0.25, 0.3) is 5.57 Å². The maximum atomic E-state index is 9.45. The second-order valence-electron chi connectivity index (χ2n) is 2.40. The van der Waals surface area contributed by atoms with Crippen LogP contribution in [0.3, 0.4) is 0 Å². The maximum absolute atomic E-state index is 9.45. The predicted molar refractivity (Wildman–Crippen MR) is 58.6 cm³/mol. The summed E-state index contributed by atoms with van der Waals surface area (Å²) in [5.41, 5.74) is 1.81. The molecular weight excluding hydrogens is 284 g/mol. The number of hydrogen-bond acceptors (Lipinski definition) is 1. The Kier molecular flexibility index (Phi) is 3.35. The minimum atomic E-state index is 0.298. The molecule has 3 heteroatoms. The molecule has 1 aromatic rings. The molecule has 1 N–H and O–H groups in total. The van der Waals surface area contributed by atoms with Gasteiger partial charge >= 0.3 is 0 Å². The number of benzene rings is 1. The fourth-order valence-electron chi connectivity index (χ4n) is 0.893. The van der Waals surface area contributed by atoms with Gasteiger partial charge < -0.3 is 5.11 Å². The number of phenols is 1. The van der Waals surface area contributed by atoms with Gasteiger partial charge in [-0.15, -0.1) is 0 Å². The van der Waals surface area contributed by atoms with Crippen LogP contribution in [0.1, 0.15) is 12.5 Å². The van der Waals surface area contributed by atoms with Gasteiger partial charge in [-0.05, 0) is 50.4 Å². The summed E-state index contributed by atoms with van der Waals surface area (Å²) in [5.74, 6) is 0.298. The average molecular weight is 292 g/mol. The van der Waals surface area contributed by atoms with Crippen molar-refractivity contribution in [1.82, 2.24) is 0 Å². The lowest BCUT2D eigenvalue weighted by Gasteiger charge is -2.03. The number of aromatic hydroxyl groups is 1. The highest BCUT2D eigenvalue weighted by atomic mass is 79.9. The SMILES string of the molecule is CC(=C(Br)Br)c1ccccc1O. The molecule has 0 saturated carbocycles. The van der Waals surface area contributed by atoms with Crippen molar-refractivity contribution in [2.45, 2.75) is 6.92 Å². The van der Waals surface area contributed by atoms with Crippen molar-refractivity contribution in [1.29, 1.82) is 0 Å². The van der Waals surface area contributed by atoms with Crippen LogP contribution in [0, 0.1) is 0 Å². The predicted octanol–water partition coefficient (Wildman–Crippen LogP) is 3.87. The molecule has 0 amide bonds. The molecule has 0 unspecified atom stereocenters. The summed E-state index contributed by atoms with van der Waals surface area (Å²) in [6.07, 6.45) is 0. The van der Waals surface area contributed by atoms with E-state index < -0.39 is 0 Å². The molecule has 0 aliphatic heterocycles. The van der Waals surface area contributed by atoms with Crippen molar-refractivity contribution in [2.75, 3.05) is 0 Å². The molecule has 12 heavy (non-hydrogen) atoms. The van der Waals surface area contributed by atoms with Gasteiger partial charge in [0.05, 0.1) is 3.39 Å². The van der Waals surface area contributed by atoms with Crippen LogP contribution in [-0.4, -0.2) is 5.11 Å². The highest BCUT2D eigenvalue weighted by Crippen LogP contribution is 2.31. The van der Waals surface area contributed by atoms with Crippen molar-refractivity contribution < 1.29 is 5.11 Å². The normalized spacial score (nSPS) is 9.58. The Morgan fingerprint density at radius 1 is 1.25 bits per heavy atom. The first-order chi connectivity index (χ1) is 5.63. The van der Waals surface area contributed by atoms with Gasteiger partial charge in [-0.1, -0.05) is 18.2 Å². The Morgan fingerprint density at radius 3 is 2.33 bits per heavy atom. The second-order valence-corrected chi connectivity index (χ2v) is 5.05. The Morgan fingerprint density at radius 2 is 1.83 bits per heavy atom. The third-order valence-corrected chi connectivity index (χ3v) is 2.78. The molecule has 0 spiro atoms. The smallest absolute Gasteiger partial charge is 0.123 e. The van der Waals surface area contributed by atoms with Crippen molar-refractivity contribution >= 4 is 37.4 Å². The summed E-state index contributed by atoms with van der Waals surface area (Å²) in [4.78, 5) is 0. The van der Waals surface area contributed by atoms with E-state index in [9.17, 15) is 5.11 Å². The van der Waals surface area contributed by atoms with Crippen LogP contribution in [0.5, 0.6) is 5.75 Å². The van der Waals surface area contributed by atoms with Gasteiger partial charge in [-0.2, -0.15) is 0 Å². The lowest BCUT2D eigenvalue weighted by atomic mass is 10.1. The minimum absolute atomic E-state index is 0.298. The molecule has 0 aromatic heterocycles. The third kappa shape index (κ3) is 2.11. The van der Waals surface area contributed by atoms with Gasteiger partial charge in [0.1, 0.15) is 5.75 Å². The van der Waals surface area contributed by atoms with Crippen LogP contribution in [-0.2, 0) is 0 Å². The molecule has 0 bridgehead atoms. The van der Waals surface area contributed by atoms with E-state index in [-0.39, 0.29) is 0 Å². The van der Waals surface area contributed by atoms with E-state index in [4.69, 9.17) is 0 Å². The number of hydrogen-bond donors (Lipinski definition) is 1. The fraction of sp³-hybridized carbons (Fsp3) is 0.111. The first-order valence-electron chi connectivity index (χ1n) is 3.43. The standard InChI is InChI=1S/C9H8Br2O/c1-6(9(10)11)7-4-2-3-5-8(7)12/h2-5,12H,1H3. The number of rotatable bonds is 1. The van der Waals surface area contributed by atoms with Gasteiger partial charge in [0, 0.05) is 5.56 Å². The van der Waals surface area contributed by atoms with Crippen molar-refractivity contribution in [3.05, 3.63) is 33.2 Å². The van der Waals surface area contributed by atoms with Crippen molar-refractivity contribution in [3.8, 4) is 5.75 Å². The number of para-hydroxylation sites is 1. The maximum Gasteiger partial charge on any atom is 0.123 e. The molecule has 1 rings (SSSR count). The van der Waals surface area contributed by atoms with E-state index in [1.165, 1.54) is 0 Å². The largest absolute Gasteiger partial charge is 0.507 e. The van der Waals surface area contributed by atoms with E-state index >= 15 is 0 Å². The lowest BCUT2D eigenvalue weighted by molar-refractivity contribution is 0.473. The summed E-state index contributed by atoms with van der Waals surface area (Å²) in [5, 5.41) is 9.45. The van der Waals surface area contributed by atoms with Gasteiger partial charge in [-0.3, -0.25) is 0 Å². The van der Waals surface area contributed by atoms with Crippen LogP contribution in [0.15, 0.2) is 27.7 Å². The molecule has 0 saturated heterocycles.